The van der Waals surface area contributed by atoms with Gasteiger partial charge in [0.2, 0.25) is 12.8 Å². The van der Waals surface area contributed by atoms with Gasteiger partial charge < -0.3 is 58.8 Å². The Morgan fingerprint density at radius 2 is 1.46 bits per heavy atom. The summed E-state index contributed by atoms with van der Waals surface area (Å²) in [6, 6.07) is 10.3. The van der Waals surface area contributed by atoms with Crippen LogP contribution in [-0.2, 0) is 34.8 Å². The molecule has 0 aliphatic heterocycles. The van der Waals surface area contributed by atoms with E-state index in [0.717, 1.165) is 16.0 Å². The third kappa shape index (κ3) is 9.19. The van der Waals surface area contributed by atoms with Crippen molar-refractivity contribution in [3.8, 4) is 0 Å². The molecule has 0 radical (unpaired) electrons. The summed E-state index contributed by atoms with van der Waals surface area (Å²) >= 11 is 11.5. The molecule has 0 atom stereocenters. The van der Waals surface area contributed by atoms with Gasteiger partial charge in [-0.3, -0.25) is 9.59 Å². The molecule has 0 spiro atoms. The first-order chi connectivity index (χ1) is 15.6. The van der Waals surface area contributed by atoms with Gasteiger partial charge in [-0.2, -0.15) is 0 Å². The summed E-state index contributed by atoms with van der Waals surface area (Å²) in [5.74, 6) is 0. The summed E-state index contributed by atoms with van der Waals surface area (Å²) in [7, 11) is 0. The Bertz CT molecular complexity index is 1180. The summed E-state index contributed by atoms with van der Waals surface area (Å²) in [5, 5.41) is 5.18. The summed E-state index contributed by atoms with van der Waals surface area (Å²) in [6.07, 6.45) is 1.17. The molecular weight excluding hydrogens is 522 g/mol. The summed E-state index contributed by atoms with van der Waals surface area (Å²) in [5.41, 5.74) is 28.4. The average Bonchev–Trinajstić information content (AvgIpc) is 2.76. The fraction of sp³-hybridized carbons (Fsp3) is 0.0909. The molecule has 35 heavy (non-hydrogen) atoms. The van der Waals surface area contributed by atoms with Gasteiger partial charge in [0.25, 0.3) is 0 Å². The van der Waals surface area contributed by atoms with Crippen molar-refractivity contribution in [3.05, 3.63) is 47.5 Å². The molecule has 3 rings (SSSR count). The Kier molecular flexibility index (Phi) is 15.0. The van der Waals surface area contributed by atoms with Gasteiger partial charge in [-0.25, -0.2) is 0 Å². The van der Waals surface area contributed by atoms with Gasteiger partial charge in [-0.1, -0.05) is 17.8 Å². The minimum atomic E-state index is 0. The number of carbonyl (C=O) groups excluding carboxylic acids is 2. The number of rotatable bonds is 6. The number of anilines is 6. The van der Waals surface area contributed by atoms with Gasteiger partial charge >= 0.3 is 59.1 Å². The number of carbonyl (C=O) groups is 2. The zero-order valence-corrected chi connectivity index (χ0v) is 26.4. The number of amides is 2. The Morgan fingerprint density at radius 1 is 0.829 bits per heavy atom. The molecule has 0 bridgehead atoms. The van der Waals surface area contributed by atoms with Crippen LogP contribution in [0.2, 0.25) is 0 Å². The number of hydrogen-bond donors (Lipinski definition) is 6. The third-order valence-corrected chi connectivity index (χ3v) is 6.57. The number of nitrogens with one attached hydrogen (secondary N) is 2. The molecule has 174 valence electrons. The molecule has 0 aliphatic rings. The maximum atomic E-state index is 10.8. The fourth-order valence-electron chi connectivity index (χ4n) is 2.75. The van der Waals surface area contributed by atoms with Crippen molar-refractivity contribution < 1.29 is 68.7 Å². The molecule has 0 saturated carbocycles. The van der Waals surface area contributed by atoms with Crippen molar-refractivity contribution in [2.45, 2.75) is 33.4 Å². The van der Waals surface area contributed by atoms with E-state index in [1.54, 1.807) is 30.3 Å². The number of nitrogen functional groups attached to an aromatic ring is 4. The van der Waals surface area contributed by atoms with Crippen LogP contribution in [0.25, 0.3) is 0 Å². The van der Waals surface area contributed by atoms with Crippen molar-refractivity contribution in [1.82, 2.24) is 0 Å². The van der Waals surface area contributed by atoms with Crippen molar-refractivity contribution in [1.29, 1.82) is 0 Å². The van der Waals surface area contributed by atoms with E-state index in [9.17, 15) is 9.59 Å². The second-order valence-electron chi connectivity index (χ2n) is 6.92. The molecule has 0 aliphatic carbocycles. The van der Waals surface area contributed by atoms with E-state index < -0.39 is 0 Å². The third-order valence-electron chi connectivity index (χ3n) is 4.57. The first-order valence-corrected chi connectivity index (χ1v) is 11.1. The van der Waals surface area contributed by atoms with E-state index in [2.05, 4.69) is 10.6 Å². The topological polar surface area (TPSA) is 162 Å². The molecule has 2 amide bonds. The van der Waals surface area contributed by atoms with Crippen LogP contribution in [0.15, 0.2) is 56.0 Å². The van der Waals surface area contributed by atoms with Gasteiger partial charge in [0.1, 0.15) is 0 Å². The number of nitrogens with two attached hydrogens (primary N) is 4. The average molecular weight is 547 g/mol. The molecule has 0 heterocycles. The minimum Gasteiger partial charge on any atom is -0.778 e. The van der Waals surface area contributed by atoms with Crippen LogP contribution in [0.5, 0.6) is 0 Å². The zero-order valence-electron chi connectivity index (χ0n) is 20.0. The van der Waals surface area contributed by atoms with Crippen LogP contribution < -0.4 is 92.7 Å². The summed E-state index contributed by atoms with van der Waals surface area (Å²) in [4.78, 5) is 24.0. The zero-order chi connectivity index (χ0) is 24.7. The van der Waals surface area contributed by atoms with Crippen molar-refractivity contribution in [2.75, 3.05) is 33.6 Å². The molecule has 0 unspecified atom stereocenters. The number of benzene rings is 3. The maximum absolute atomic E-state index is 10.8. The van der Waals surface area contributed by atoms with Gasteiger partial charge in [-0.15, -0.1) is 9.79 Å². The largest absolute Gasteiger partial charge is 1.00 e. The molecule has 3 aromatic rings. The molecule has 10 N–H and O–H groups in total. The smallest absolute Gasteiger partial charge is 0.778 e. The van der Waals surface area contributed by atoms with E-state index in [4.69, 9.17) is 48.2 Å². The molecule has 3 aromatic carbocycles. The second kappa shape index (κ2) is 15.6. The van der Waals surface area contributed by atoms with E-state index in [1.165, 1.54) is 11.8 Å². The Labute approximate surface area is 264 Å². The SMILES string of the molecule is Cc1c(N)c(Sc2cc(NC=O)ccc2NC=O)cc(N)c1[S-].Cc1cc(N)cc([S-])c1N.[Na+].[Na+]. The van der Waals surface area contributed by atoms with Gasteiger partial charge in [-0.05, 0) is 55.3 Å². The van der Waals surface area contributed by atoms with E-state index in [1.807, 2.05) is 19.9 Å². The Balaban J connectivity index is 0.000000816. The van der Waals surface area contributed by atoms with Crippen LogP contribution in [0.4, 0.5) is 34.1 Å². The predicted molar refractivity (Wildman–Crippen MR) is 141 cm³/mol. The number of aryl methyl sites for hydroxylation is 1. The Hall–Kier alpha value is -1.41. The van der Waals surface area contributed by atoms with Gasteiger partial charge in [0, 0.05) is 38.2 Å². The second-order valence-corrected chi connectivity index (χ2v) is 8.85. The van der Waals surface area contributed by atoms with Crippen LogP contribution in [-0.4, -0.2) is 12.8 Å². The fourth-order valence-corrected chi connectivity index (χ4v) is 4.33. The monoisotopic (exact) mass is 546 g/mol. The first-order valence-electron chi connectivity index (χ1n) is 9.49. The summed E-state index contributed by atoms with van der Waals surface area (Å²) in [6.45, 7) is 3.70. The minimum absolute atomic E-state index is 0. The Morgan fingerprint density at radius 3 is 2.03 bits per heavy atom. The van der Waals surface area contributed by atoms with Gasteiger partial charge in [0.15, 0.2) is 0 Å². The van der Waals surface area contributed by atoms with Gasteiger partial charge in [0.05, 0.1) is 5.69 Å². The van der Waals surface area contributed by atoms with Crippen molar-refractivity contribution in [2.24, 2.45) is 0 Å². The summed E-state index contributed by atoms with van der Waals surface area (Å²) < 4.78 is 0. The van der Waals surface area contributed by atoms with Crippen LogP contribution >= 0.6 is 11.8 Å². The van der Waals surface area contributed by atoms with Crippen molar-refractivity contribution in [3.63, 3.8) is 0 Å². The van der Waals surface area contributed by atoms with E-state index in [0.29, 0.717) is 61.6 Å². The molecule has 0 saturated heterocycles. The quantitative estimate of drug-likeness (QED) is 0.0844. The van der Waals surface area contributed by atoms with Crippen LogP contribution in [0, 0.1) is 13.8 Å². The molecule has 0 fully saturated rings. The normalized spacial score (nSPS) is 9.43. The van der Waals surface area contributed by atoms with E-state index in [-0.39, 0.29) is 59.1 Å². The van der Waals surface area contributed by atoms with E-state index >= 15 is 0 Å². The first kappa shape index (κ1) is 33.6. The standard InChI is InChI=1S/C15H16N4O2S2.C7H10N2S.2Na/c1-8-14(17)13(5-10(16)15(8)22)23-12-4-9(18-6-20)2-3-11(12)19-7-21;1-4-2-5(8)3-6(10)7(4)9;;/h2-7,22H,16-17H2,1H3,(H,18,20)(H,19,21);2-3,10H,8-9H2,1H3;;/q;;2*+1/p-2. The molecule has 0 aromatic heterocycles. The van der Waals surface area contributed by atoms with Crippen LogP contribution in [0.3, 0.4) is 0 Å². The number of hydrogen-bond acceptors (Lipinski definition) is 9. The molecule has 13 heteroatoms. The molecular formula is C22H24N6Na2O2S3. The molecule has 8 nitrogen and oxygen atoms in total. The van der Waals surface area contributed by atoms with Crippen molar-refractivity contribution >= 4 is 84.0 Å². The van der Waals surface area contributed by atoms with Crippen LogP contribution in [0.1, 0.15) is 11.1 Å². The predicted octanol–water partition coefficient (Wildman–Crippen LogP) is -2.57. The maximum Gasteiger partial charge on any atom is 1.00 e.